The first-order valence-electron chi connectivity index (χ1n) is 10.7. The molecule has 0 amide bonds. The highest BCUT2D eigenvalue weighted by molar-refractivity contribution is 7.89. The van der Waals surface area contributed by atoms with E-state index in [-0.39, 0.29) is 30.3 Å². The van der Waals surface area contributed by atoms with Gasteiger partial charge in [-0.2, -0.15) is 17.9 Å². The van der Waals surface area contributed by atoms with Gasteiger partial charge in [-0.3, -0.25) is 0 Å². The summed E-state index contributed by atoms with van der Waals surface area (Å²) < 4.78 is 88.3. The molecule has 0 spiro atoms. The predicted octanol–water partition coefficient (Wildman–Crippen LogP) is 1.63. The molecule has 2 rings (SSSR count). The Morgan fingerprint density at radius 3 is 2.34 bits per heavy atom. The first kappa shape index (κ1) is 30.3. The zero-order valence-corrected chi connectivity index (χ0v) is 20.6. The number of sulfonamides is 1. The standard InChI is InChI=1S/C22H24F4N4O7S/c1-13-3-6-15(23)12-18(13)38(33,34)30-17(19(31)37-20(32)22(24,25)26)11-14-4-7-16(8-5-14)35-9-2-10-36-29-21(27)28/h3-8,12,17,30H,2,9-11H2,1H3,(H4,27,28,29)/t17-/m0/s1. The van der Waals surface area contributed by atoms with Crippen LogP contribution in [0.4, 0.5) is 17.6 Å². The third-order valence-electron chi connectivity index (χ3n) is 4.63. The van der Waals surface area contributed by atoms with E-state index >= 15 is 0 Å². The highest BCUT2D eigenvalue weighted by atomic mass is 32.2. The molecule has 0 heterocycles. The summed E-state index contributed by atoms with van der Waals surface area (Å²) in [7, 11) is -4.63. The maximum Gasteiger partial charge on any atom is 0.491 e. The van der Waals surface area contributed by atoms with Crippen LogP contribution in [0.5, 0.6) is 5.75 Å². The van der Waals surface area contributed by atoms with E-state index in [1.807, 2.05) is 4.72 Å². The van der Waals surface area contributed by atoms with Gasteiger partial charge in [-0.05, 0) is 53.9 Å². The van der Waals surface area contributed by atoms with E-state index in [0.29, 0.717) is 18.2 Å². The van der Waals surface area contributed by atoms with Crippen LogP contribution in [0, 0.1) is 12.7 Å². The Hall–Kier alpha value is -3.92. The Morgan fingerprint density at radius 2 is 1.74 bits per heavy atom. The van der Waals surface area contributed by atoms with Crippen LogP contribution < -0.4 is 20.9 Å². The number of nitrogens with one attached hydrogen (secondary N) is 1. The van der Waals surface area contributed by atoms with Crippen molar-refractivity contribution in [1.29, 1.82) is 0 Å². The lowest BCUT2D eigenvalue weighted by atomic mass is 10.1. The molecule has 0 saturated heterocycles. The molecule has 208 valence electrons. The van der Waals surface area contributed by atoms with E-state index in [9.17, 15) is 35.6 Å². The van der Waals surface area contributed by atoms with E-state index in [4.69, 9.17) is 21.0 Å². The SMILES string of the molecule is Cc1ccc(F)cc1S(=O)(=O)N[C@@H](Cc1ccc(OCCCON=C(N)N)cc1)C(=O)OC(=O)C(F)(F)F. The third kappa shape index (κ3) is 9.51. The molecule has 0 fully saturated rings. The first-order valence-corrected chi connectivity index (χ1v) is 12.2. The molecule has 0 unspecified atom stereocenters. The lowest BCUT2D eigenvalue weighted by Crippen LogP contribution is -2.45. The number of ether oxygens (including phenoxy) is 2. The Balaban J connectivity index is 2.17. The molecule has 0 aliphatic carbocycles. The molecule has 0 aliphatic heterocycles. The number of carbonyl (C=O) groups is 2. The number of nitrogens with zero attached hydrogens (tertiary/aromatic N) is 1. The number of rotatable bonds is 12. The second-order valence-electron chi connectivity index (χ2n) is 7.69. The third-order valence-corrected chi connectivity index (χ3v) is 6.24. The van der Waals surface area contributed by atoms with Gasteiger partial charge in [-0.1, -0.05) is 18.2 Å². The quantitative estimate of drug-likeness (QED) is 0.0659. The van der Waals surface area contributed by atoms with E-state index in [0.717, 1.165) is 12.1 Å². The van der Waals surface area contributed by atoms with Crippen molar-refractivity contribution in [1.82, 2.24) is 4.72 Å². The summed E-state index contributed by atoms with van der Waals surface area (Å²) in [5, 5.41) is 3.34. The van der Waals surface area contributed by atoms with Crippen LogP contribution in [0.2, 0.25) is 0 Å². The van der Waals surface area contributed by atoms with Gasteiger partial charge >= 0.3 is 18.1 Å². The number of oxime groups is 1. The maximum absolute atomic E-state index is 13.7. The Kier molecular flexibility index (Phi) is 10.4. The van der Waals surface area contributed by atoms with Gasteiger partial charge in [-0.15, -0.1) is 0 Å². The Labute approximate surface area is 214 Å². The fourth-order valence-corrected chi connectivity index (χ4v) is 4.34. The summed E-state index contributed by atoms with van der Waals surface area (Å²) in [4.78, 5) is 27.8. The lowest BCUT2D eigenvalue weighted by molar-refractivity contribution is -0.202. The highest BCUT2D eigenvalue weighted by Gasteiger charge is 2.44. The van der Waals surface area contributed by atoms with Gasteiger partial charge in [0.2, 0.25) is 16.0 Å². The van der Waals surface area contributed by atoms with Gasteiger partial charge in [0.05, 0.1) is 11.5 Å². The lowest BCUT2D eigenvalue weighted by Gasteiger charge is -2.19. The minimum Gasteiger partial charge on any atom is -0.493 e. The van der Waals surface area contributed by atoms with Crippen molar-refractivity contribution in [2.45, 2.75) is 36.9 Å². The molecule has 0 aliphatic rings. The van der Waals surface area contributed by atoms with Gasteiger partial charge < -0.3 is 25.8 Å². The largest absolute Gasteiger partial charge is 0.493 e. The Bertz CT molecular complexity index is 1270. The number of benzene rings is 2. The fraction of sp³-hybridized carbons (Fsp3) is 0.318. The van der Waals surface area contributed by atoms with Gasteiger partial charge in [0, 0.05) is 6.42 Å². The second-order valence-corrected chi connectivity index (χ2v) is 9.37. The van der Waals surface area contributed by atoms with Crippen LogP contribution in [0.1, 0.15) is 17.5 Å². The highest BCUT2D eigenvalue weighted by Crippen LogP contribution is 2.21. The first-order chi connectivity index (χ1) is 17.7. The summed E-state index contributed by atoms with van der Waals surface area (Å²) >= 11 is 0. The molecular formula is C22H24F4N4O7S. The van der Waals surface area contributed by atoms with Crippen LogP contribution in [0.15, 0.2) is 52.5 Å². The smallest absolute Gasteiger partial charge is 0.491 e. The van der Waals surface area contributed by atoms with E-state index in [1.165, 1.54) is 31.2 Å². The van der Waals surface area contributed by atoms with Crippen LogP contribution in [0.3, 0.4) is 0 Å². The molecular weight excluding hydrogens is 540 g/mol. The van der Waals surface area contributed by atoms with Crippen LogP contribution in [-0.4, -0.2) is 51.7 Å². The van der Waals surface area contributed by atoms with Crippen LogP contribution >= 0.6 is 0 Å². The molecule has 2 aromatic carbocycles. The summed E-state index contributed by atoms with van der Waals surface area (Å²) in [5.41, 5.74) is 10.6. The Morgan fingerprint density at radius 1 is 1.08 bits per heavy atom. The minimum atomic E-state index is -5.49. The molecule has 0 aromatic heterocycles. The number of hydrogen-bond acceptors (Lipinski definition) is 8. The molecule has 0 saturated carbocycles. The van der Waals surface area contributed by atoms with Gasteiger partial charge in [0.1, 0.15) is 24.2 Å². The topological polar surface area (TPSA) is 172 Å². The zero-order chi connectivity index (χ0) is 28.5. The zero-order valence-electron chi connectivity index (χ0n) is 19.8. The van der Waals surface area contributed by atoms with Crippen molar-refractivity contribution in [3.63, 3.8) is 0 Å². The van der Waals surface area contributed by atoms with Crippen molar-refractivity contribution in [2.24, 2.45) is 16.6 Å². The number of nitrogens with two attached hydrogens (primary N) is 2. The molecule has 0 radical (unpaired) electrons. The number of halogens is 4. The number of alkyl halides is 3. The van der Waals surface area contributed by atoms with E-state index in [1.54, 1.807) is 0 Å². The monoisotopic (exact) mass is 564 g/mol. The summed E-state index contributed by atoms with van der Waals surface area (Å²) in [6, 6.07) is 6.63. The normalized spacial score (nSPS) is 12.3. The number of esters is 2. The molecule has 38 heavy (non-hydrogen) atoms. The van der Waals surface area contributed by atoms with Crippen molar-refractivity contribution in [2.75, 3.05) is 13.2 Å². The summed E-state index contributed by atoms with van der Waals surface area (Å²) in [5.74, 6) is -5.38. The molecule has 0 bridgehead atoms. The number of aryl methyl sites for hydroxylation is 1. The molecule has 5 N–H and O–H groups in total. The van der Waals surface area contributed by atoms with Gasteiger partial charge in [-0.25, -0.2) is 22.4 Å². The van der Waals surface area contributed by atoms with Crippen molar-refractivity contribution >= 4 is 27.9 Å². The fourth-order valence-electron chi connectivity index (χ4n) is 2.90. The van der Waals surface area contributed by atoms with Crippen LogP contribution in [-0.2, 0) is 35.6 Å². The van der Waals surface area contributed by atoms with Crippen LogP contribution in [0.25, 0.3) is 0 Å². The maximum atomic E-state index is 13.7. The van der Waals surface area contributed by atoms with Gasteiger partial charge in [0.25, 0.3) is 0 Å². The molecule has 11 nitrogen and oxygen atoms in total. The minimum absolute atomic E-state index is 0.0996. The van der Waals surface area contributed by atoms with Crippen molar-refractivity contribution in [3.8, 4) is 5.75 Å². The number of guanidine groups is 1. The average Bonchev–Trinajstić information content (AvgIpc) is 2.82. The summed E-state index contributed by atoms with van der Waals surface area (Å²) in [6.45, 7) is 1.72. The van der Waals surface area contributed by atoms with Gasteiger partial charge in [0.15, 0.2) is 0 Å². The van der Waals surface area contributed by atoms with Crippen molar-refractivity contribution < 1.29 is 49.9 Å². The van der Waals surface area contributed by atoms with E-state index < -0.39 is 51.3 Å². The van der Waals surface area contributed by atoms with E-state index in [2.05, 4.69) is 9.89 Å². The second kappa shape index (κ2) is 13.0. The molecule has 2 aromatic rings. The average molecular weight is 565 g/mol. The van der Waals surface area contributed by atoms with Crippen molar-refractivity contribution in [3.05, 3.63) is 59.4 Å². The number of carbonyl (C=O) groups excluding carboxylic acids is 2. The molecule has 1 atom stereocenters. The summed E-state index contributed by atoms with van der Waals surface area (Å²) in [6.07, 6.45) is -5.59. The predicted molar refractivity (Wildman–Crippen MR) is 124 cm³/mol. The molecule has 16 heteroatoms. The number of hydrogen-bond donors (Lipinski definition) is 3.